The first-order chi connectivity index (χ1) is 17.8. The van der Waals surface area contributed by atoms with Crippen LogP contribution in [0.25, 0.3) is 6.08 Å². The van der Waals surface area contributed by atoms with Crippen molar-refractivity contribution in [2.75, 3.05) is 23.3 Å². The van der Waals surface area contributed by atoms with Crippen molar-refractivity contribution in [2.24, 2.45) is 0 Å². The van der Waals surface area contributed by atoms with Gasteiger partial charge in [0, 0.05) is 36.4 Å². The van der Waals surface area contributed by atoms with Crippen LogP contribution in [0.3, 0.4) is 0 Å². The molecule has 1 aliphatic rings. The van der Waals surface area contributed by atoms with E-state index < -0.39 is 30.1 Å². The largest absolute Gasteiger partial charge is 0.430 e. The molecule has 0 aromatic heterocycles. The number of nitrogens with zero attached hydrogens (tertiary/aromatic N) is 2. The molecule has 1 fully saturated rings. The van der Waals surface area contributed by atoms with Crippen LogP contribution in [0, 0.1) is 0 Å². The monoisotopic (exact) mass is 606 g/mol. The van der Waals surface area contributed by atoms with E-state index in [-0.39, 0.29) is 34.4 Å². The summed E-state index contributed by atoms with van der Waals surface area (Å²) < 4.78 is 91.1. The SMILES string of the molecule is CC=Cc1cc(C(OCc2ccccc2)(C(F)(F)F)C(F)(F)F)ccc1N1CC(C)N(C(=O)CBr)CC1C. The molecule has 0 bridgehead atoms. The number of carbonyl (C=O) groups excluding carboxylic acids is 1. The smallest absolute Gasteiger partial charge is 0.365 e. The fourth-order valence-corrected chi connectivity index (χ4v) is 5.06. The standard InChI is InChI=1S/C27H29BrF6N2O2/c1-4-8-21-13-22(11-12-23(21)35-15-19(3)36(16-18(35)2)24(37)14-28)25(26(29,30)31,27(32,33)34)38-17-20-9-6-5-7-10-20/h4-13,18-19H,14-17H2,1-3H3. The van der Waals surface area contributed by atoms with E-state index in [1.807, 2.05) is 18.7 Å². The number of alkyl halides is 7. The molecule has 1 saturated heterocycles. The molecule has 3 rings (SSSR count). The van der Waals surface area contributed by atoms with Crippen LogP contribution in [0.4, 0.5) is 32.0 Å². The highest BCUT2D eigenvalue weighted by Crippen LogP contribution is 2.54. The molecule has 2 atom stereocenters. The Morgan fingerprint density at radius 3 is 2.18 bits per heavy atom. The van der Waals surface area contributed by atoms with Crippen LogP contribution < -0.4 is 4.90 Å². The number of ether oxygens (including phenoxy) is 1. The average Bonchev–Trinajstić information content (AvgIpc) is 2.84. The Bertz CT molecular complexity index is 1120. The van der Waals surface area contributed by atoms with Crippen molar-refractivity contribution in [3.05, 3.63) is 71.3 Å². The molecule has 0 N–H and O–H groups in total. The van der Waals surface area contributed by atoms with E-state index >= 15 is 0 Å². The van der Waals surface area contributed by atoms with Gasteiger partial charge in [-0.25, -0.2) is 0 Å². The molecule has 0 saturated carbocycles. The maximum Gasteiger partial charge on any atom is 0.430 e. The van der Waals surface area contributed by atoms with Gasteiger partial charge in [-0.15, -0.1) is 0 Å². The summed E-state index contributed by atoms with van der Waals surface area (Å²) in [5.41, 5.74) is -4.76. The summed E-state index contributed by atoms with van der Waals surface area (Å²) in [4.78, 5) is 15.9. The number of hydrogen-bond donors (Lipinski definition) is 0. The van der Waals surface area contributed by atoms with Crippen molar-refractivity contribution in [2.45, 2.75) is 57.4 Å². The number of rotatable bonds is 7. The second kappa shape index (κ2) is 11.7. The van der Waals surface area contributed by atoms with Gasteiger partial charge in [0.05, 0.1) is 11.9 Å². The molecule has 2 aromatic rings. The normalized spacial score (nSPS) is 19.3. The van der Waals surface area contributed by atoms with Crippen molar-refractivity contribution in [1.82, 2.24) is 4.90 Å². The summed E-state index contributed by atoms with van der Waals surface area (Å²) in [6.07, 6.45) is -8.56. The van der Waals surface area contributed by atoms with Gasteiger partial charge in [-0.1, -0.05) is 64.5 Å². The molecule has 2 aromatic carbocycles. The molecule has 0 radical (unpaired) electrons. The predicted octanol–water partition coefficient (Wildman–Crippen LogP) is 7.08. The van der Waals surface area contributed by atoms with Crippen molar-refractivity contribution >= 4 is 33.6 Å². The van der Waals surface area contributed by atoms with Crippen LogP contribution in [0.5, 0.6) is 0 Å². The van der Waals surface area contributed by atoms with Gasteiger partial charge in [0.2, 0.25) is 5.91 Å². The Hall–Kier alpha value is -2.53. The fraction of sp³-hybridized carbons (Fsp3) is 0.444. The highest BCUT2D eigenvalue weighted by atomic mass is 79.9. The van der Waals surface area contributed by atoms with Crippen molar-refractivity contribution in [1.29, 1.82) is 0 Å². The highest BCUT2D eigenvalue weighted by Gasteiger charge is 2.73. The Labute approximate surface area is 226 Å². The molecule has 0 aliphatic carbocycles. The van der Waals surface area contributed by atoms with Gasteiger partial charge < -0.3 is 14.5 Å². The Morgan fingerprint density at radius 2 is 1.63 bits per heavy atom. The molecule has 11 heteroatoms. The van der Waals surface area contributed by atoms with Gasteiger partial charge in [-0.05, 0) is 44.0 Å². The van der Waals surface area contributed by atoms with Crippen LogP contribution in [0.2, 0.25) is 0 Å². The number of benzene rings is 2. The summed E-state index contributed by atoms with van der Waals surface area (Å²) in [6, 6.07) is 9.97. The Kier molecular flexibility index (Phi) is 9.24. The second-order valence-electron chi connectivity index (χ2n) is 9.25. The number of anilines is 1. The van der Waals surface area contributed by atoms with E-state index in [1.54, 1.807) is 24.0 Å². The lowest BCUT2D eigenvalue weighted by molar-refractivity contribution is -0.392. The average molecular weight is 607 g/mol. The molecular formula is C27H29BrF6N2O2. The van der Waals surface area contributed by atoms with Gasteiger partial charge in [0.15, 0.2) is 0 Å². The van der Waals surface area contributed by atoms with Crippen molar-refractivity contribution in [3.63, 3.8) is 0 Å². The van der Waals surface area contributed by atoms with Crippen LogP contribution in [-0.2, 0) is 21.7 Å². The number of halogens is 7. The maximum atomic E-state index is 14.4. The van der Waals surface area contributed by atoms with Crippen LogP contribution >= 0.6 is 15.9 Å². The minimum atomic E-state index is -5.79. The first-order valence-corrected chi connectivity index (χ1v) is 13.1. The zero-order valence-electron chi connectivity index (χ0n) is 21.1. The van der Waals surface area contributed by atoms with E-state index in [4.69, 9.17) is 4.74 Å². The zero-order chi connectivity index (χ0) is 28.3. The minimum Gasteiger partial charge on any atom is -0.365 e. The van der Waals surface area contributed by atoms with Crippen molar-refractivity contribution in [3.8, 4) is 0 Å². The minimum absolute atomic E-state index is 0.0938. The van der Waals surface area contributed by atoms with E-state index in [0.717, 1.165) is 12.1 Å². The zero-order valence-corrected chi connectivity index (χ0v) is 22.7. The molecule has 0 spiro atoms. The topological polar surface area (TPSA) is 32.8 Å². The number of carbonyl (C=O) groups is 1. The van der Waals surface area contributed by atoms with E-state index in [1.165, 1.54) is 36.4 Å². The summed E-state index contributed by atoms with van der Waals surface area (Å²) in [5.74, 6) is -0.0938. The van der Waals surface area contributed by atoms with Gasteiger partial charge in [0.25, 0.3) is 5.60 Å². The third-order valence-electron chi connectivity index (χ3n) is 6.61. The van der Waals surface area contributed by atoms with Crippen molar-refractivity contribution < 1.29 is 35.9 Å². The molecule has 2 unspecified atom stereocenters. The van der Waals surface area contributed by atoms with E-state index in [2.05, 4.69) is 15.9 Å². The van der Waals surface area contributed by atoms with Crippen LogP contribution in [0.1, 0.15) is 37.5 Å². The number of amides is 1. The van der Waals surface area contributed by atoms with Gasteiger partial charge in [-0.2, -0.15) is 26.3 Å². The summed E-state index contributed by atoms with van der Waals surface area (Å²) >= 11 is 3.17. The number of piperazine rings is 1. The first kappa shape index (κ1) is 30.0. The highest BCUT2D eigenvalue weighted by molar-refractivity contribution is 9.09. The maximum absolute atomic E-state index is 14.4. The number of allylic oxidation sites excluding steroid dienone is 1. The van der Waals surface area contributed by atoms with E-state index in [0.29, 0.717) is 18.8 Å². The molecule has 1 amide bonds. The molecular weight excluding hydrogens is 578 g/mol. The van der Waals surface area contributed by atoms with Gasteiger partial charge >= 0.3 is 12.4 Å². The van der Waals surface area contributed by atoms with Gasteiger partial charge in [0.1, 0.15) is 0 Å². The Morgan fingerprint density at radius 1 is 1.00 bits per heavy atom. The fourth-order valence-electron chi connectivity index (χ4n) is 4.74. The molecule has 1 heterocycles. The lowest BCUT2D eigenvalue weighted by atomic mass is 9.89. The third kappa shape index (κ3) is 5.88. The Balaban J connectivity index is 2.10. The summed E-state index contributed by atoms with van der Waals surface area (Å²) in [7, 11) is 0. The number of hydrogen-bond acceptors (Lipinski definition) is 3. The van der Waals surface area contributed by atoms with Crippen LogP contribution in [0.15, 0.2) is 54.6 Å². The summed E-state index contributed by atoms with van der Waals surface area (Å²) in [6.45, 7) is 5.15. The molecule has 4 nitrogen and oxygen atoms in total. The van der Waals surface area contributed by atoms with Crippen LogP contribution in [-0.4, -0.2) is 53.7 Å². The third-order valence-corrected chi connectivity index (χ3v) is 7.09. The lowest BCUT2D eigenvalue weighted by Gasteiger charge is -2.46. The molecule has 208 valence electrons. The lowest BCUT2D eigenvalue weighted by Crippen LogP contribution is -2.58. The first-order valence-electron chi connectivity index (χ1n) is 12.0. The summed E-state index contributed by atoms with van der Waals surface area (Å²) in [5, 5.41) is 0.155. The molecule has 38 heavy (non-hydrogen) atoms. The quantitative estimate of drug-likeness (QED) is 0.249. The molecule has 1 aliphatic heterocycles. The predicted molar refractivity (Wildman–Crippen MR) is 138 cm³/mol. The van der Waals surface area contributed by atoms with Gasteiger partial charge in [-0.3, -0.25) is 4.79 Å². The second-order valence-corrected chi connectivity index (χ2v) is 9.82. The van der Waals surface area contributed by atoms with E-state index in [9.17, 15) is 31.1 Å².